The van der Waals surface area contributed by atoms with Gasteiger partial charge in [0.05, 0.1) is 22.5 Å². The van der Waals surface area contributed by atoms with E-state index >= 15 is 0 Å². The van der Waals surface area contributed by atoms with Crippen molar-refractivity contribution in [2.75, 3.05) is 7.11 Å². The Kier molecular flexibility index (Phi) is 4.65. The Morgan fingerprint density at radius 3 is 2.77 bits per heavy atom. The van der Waals surface area contributed by atoms with Gasteiger partial charge in [-0.05, 0) is 23.9 Å². The van der Waals surface area contributed by atoms with Crippen molar-refractivity contribution in [3.8, 4) is 0 Å². The van der Waals surface area contributed by atoms with Crippen molar-refractivity contribution >= 4 is 23.4 Å². The first-order valence-corrected chi connectivity index (χ1v) is 6.49. The van der Waals surface area contributed by atoms with E-state index in [4.69, 9.17) is 0 Å². The van der Waals surface area contributed by atoms with E-state index in [9.17, 15) is 23.7 Å². The van der Waals surface area contributed by atoms with Crippen LogP contribution in [0.2, 0.25) is 0 Å². The van der Waals surface area contributed by atoms with Crippen molar-refractivity contribution in [1.82, 2.24) is 15.2 Å². The van der Waals surface area contributed by atoms with Crippen LogP contribution < -0.4 is 0 Å². The van der Waals surface area contributed by atoms with Gasteiger partial charge in [0.1, 0.15) is 0 Å². The number of rotatable bonds is 5. The predicted octanol–water partition coefficient (Wildman–Crippen LogP) is 2.59. The van der Waals surface area contributed by atoms with E-state index < -0.39 is 23.1 Å². The molecule has 0 unspecified atom stereocenters. The molecule has 11 heteroatoms. The molecule has 0 fully saturated rings. The molecule has 116 valence electrons. The van der Waals surface area contributed by atoms with Crippen LogP contribution in [0.25, 0.3) is 0 Å². The fourth-order valence-electron chi connectivity index (χ4n) is 1.49. The number of aromatic amines is 1. The first-order valence-electron chi connectivity index (χ1n) is 5.67. The molecule has 0 saturated carbocycles. The van der Waals surface area contributed by atoms with Gasteiger partial charge in [0, 0.05) is 6.07 Å². The first-order chi connectivity index (χ1) is 10.4. The van der Waals surface area contributed by atoms with Crippen molar-refractivity contribution in [2.45, 2.75) is 16.5 Å². The highest BCUT2D eigenvalue weighted by Gasteiger charge is 2.21. The molecule has 1 N–H and O–H groups in total. The summed E-state index contributed by atoms with van der Waals surface area (Å²) in [5.74, 6) is -1.35. The van der Waals surface area contributed by atoms with Crippen molar-refractivity contribution in [3.05, 3.63) is 39.7 Å². The van der Waals surface area contributed by atoms with Gasteiger partial charge in [0.15, 0.2) is 5.82 Å². The molecule has 1 aromatic heterocycles. The van der Waals surface area contributed by atoms with Gasteiger partial charge in [-0.15, -0.1) is 5.10 Å². The molecular weight excluding hydrogens is 322 g/mol. The largest absolute Gasteiger partial charge is 0.465 e. The van der Waals surface area contributed by atoms with E-state index in [1.807, 2.05) is 5.10 Å². The summed E-state index contributed by atoms with van der Waals surface area (Å²) in [6.45, 7) is 0. The van der Waals surface area contributed by atoms with Gasteiger partial charge < -0.3 is 4.74 Å². The smallest absolute Gasteiger partial charge is 0.338 e. The van der Waals surface area contributed by atoms with Crippen molar-refractivity contribution < 1.29 is 23.2 Å². The van der Waals surface area contributed by atoms with Gasteiger partial charge in [0.2, 0.25) is 5.16 Å². The number of carbonyl (C=O) groups excluding carboxylic acids is 1. The second-order valence-electron chi connectivity index (χ2n) is 3.84. The number of ether oxygens (including phenoxy) is 1. The number of nitrogens with one attached hydrogen (secondary N) is 1. The van der Waals surface area contributed by atoms with Gasteiger partial charge in [-0.25, -0.2) is 13.6 Å². The second-order valence-corrected chi connectivity index (χ2v) is 4.85. The predicted molar refractivity (Wildman–Crippen MR) is 69.9 cm³/mol. The van der Waals surface area contributed by atoms with Crippen LogP contribution in [-0.2, 0) is 4.74 Å². The molecule has 22 heavy (non-hydrogen) atoms. The number of hydrogen-bond acceptors (Lipinski definition) is 7. The highest BCUT2D eigenvalue weighted by atomic mass is 32.2. The van der Waals surface area contributed by atoms with Crippen LogP contribution in [-0.4, -0.2) is 33.2 Å². The minimum absolute atomic E-state index is 0.00167. The number of nitro groups is 1. The number of alkyl halides is 2. The molecule has 0 atom stereocenters. The minimum atomic E-state index is -2.82. The van der Waals surface area contributed by atoms with E-state index in [-0.39, 0.29) is 21.3 Å². The fourth-order valence-corrected chi connectivity index (χ4v) is 2.30. The van der Waals surface area contributed by atoms with Gasteiger partial charge in [-0.2, -0.15) is 4.98 Å². The zero-order valence-corrected chi connectivity index (χ0v) is 11.8. The lowest BCUT2D eigenvalue weighted by Gasteiger charge is -2.03. The summed E-state index contributed by atoms with van der Waals surface area (Å²) in [4.78, 5) is 25.4. The molecule has 0 amide bonds. The summed E-state index contributed by atoms with van der Waals surface area (Å²) < 4.78 is 29.3. The number of aromatic nitrogens is 3. The number of halogens is 2. The summed E-state index contributed by atoms with van der Waals surface area (Å²) in [6, 6.07) is 3.66. The van der Waals surface area contributed by atoms with Crippen molar-refractivity contribution in [2.24, 2.45) is 0 Å². The molecule has 2 rings (SSSR count). The van der Waals surface area contributed by atoms with Crippen LogP contribution in [0.15, 0.2) is 28.3 Å². The van der Waals surface area contributed by atoms with Gasteiger partial charge in [-0.1, -0.05) is 0 Å². The summed E-state index contributed by atoms with van der Waals surface area (Å²) in [5, 5.41) is 16.5. The molecule has 1 heterocycles. The quantitative estimate of drug-likeness (QED) is 0.509. The van der Waals surface area contributed by atoms with Crippen LogP contribution >= 0.6 is 11.8 Å². The van der Waals surface area contributed by atoms with E-state index in [0.717, 1.165) is 24.9 Å². The molecule has 0 saturated heterocycles. The molecule has 0 aliphatic carbocycles. The van der Waals surface area contributed by atoms with Crippen molar-refractivity contribution in [3.63, 3.8) is 0 Å². The van der Waals surface area contributed by atoms with Crippen molar-refractivity contribution in [1.29, 1.82) is 0 Å². The average Bonchev–Trinajstić information content (AvgIpc) is 2.95. The van der Waals surface area contributed by atoms with Crippen LogP contribution in [0.4, 0.5) is 14.5 Å². The summed E-state index contributed by atoms with van der Waals surface area (Å²) in [7, 11) is 1.15. The maximum Gasteiger partial charge on any atom is 0.338 e. The lowest BCUT2D eigenvalue weighted by Crippen LogP contribution is -2.02. The number of methoxy groups -OCH3 is 1. The standard InChI is InChI=1S/C11H8F2N4O4S/c1-21-10(18)5-2-3-7(6(4-5)17(19)20)22-11-14-9(8(12)13)15-16-11/h2-4,8H,1H3,(H,14,15,16). The van der Waals surface area contributed by atoms with Gasteiger partial charge >= 0.3 is 5.97 Å². The Hall–Kier alpha value is -2.56. The molecular formula is C11H8F2N4O4S. The number of hydrogen-bond donors (Lipinski definition) is 1. The zero-order valence-electron chi connectivity index (χ0n) is 10.9. The van der Waals surface area contributed by atoms with E-state index in [1.165, 1.54) is 12.1 Å². The van der Waals surface area contributed by atoms with Crippen LogP contribution in [0, 0.1) is 10.1 Å². The fraction of sp³-hybridized carbons (Fsp3) is 0.182. The number of nitrogens with zero attached hydrogens (tertiary/aromatic N) is 3. The highest BCUT2D eigenvalue weighted by Crippen LogP contribution is 2.34. The average molecular weight is 330 g/mol. The van der Waals surface area contributed by atoms with Gasteiger partial charge in [-0.3, -0.25) is 15.2 Å². The minimum Gasteiger partial charge on any atom is -0.465 e. The highest BCUT2D eigenvalue weighted by molar-refractivity contribution is 7.99. The third kappa shape index (κ3) is 3.36. The Morgan fingerprint density at radius 1 is 1.50 bits per heavy atom. The third-order valence-electron chi connectivity index (χ3n) is 2.47. The number of H-pyrrole nitrogens is 1. The molecule has 1 aromatic carbocycles. The number of nitro benzene ring substituents is 1. The van der Waals surface area contributed by atoms with E-state index in [2.05, 4.69) is 14.8 Å². The van der Waals surface area contributed by atoms with Crippen LogP contribution in [0.5, 0.6) is 0 Å². The summed E-state index contributed by atoms with van der Waals surface area (Å²) in [6.07, 6.45) is -2.82. The second kappa shape index (κ2) is 6.47. The Bertz CT molecular complexity index is 722. The Morgan fingerprint density at radius 2 is 2.23 bits per heavy atom. The third-order valence-corrected chi connectivity index (χ3v) is 3.40. The number of carbonyl (C=O) groups is 1. The molecule has 0 aliphatic rings. The summed E-state index contributed by atoms with van der Waals surface area (Å²) >= 11 is 0.728. The van der Waals surface area contributed by atoms with E-state index in [0.29, 0.717) is 0 Å². The number of esters is 1. The zero-order chi connectivity index (χ0) is 16.3. The maximum absolute atomic E-state index is 12.4. The summed E-state index contributed by atoms with van der Waals surface area (Å²) in [5.41, 5.74) is -0.377. The van der Waals surface area contributed by atoms with Crippen LogP contribution in [0.3, 0.4) is 0 Å². The Balaban J connectivity index is 2.33. The lowest BCUT2D eigenvalue weighted by atomic mass is 10.2. The van der Waals surface area contributed by atoms with Crippen LogP contribution in [0.1, 0.15) is 22.6 Å². The molecule has 0 radical (unpaired) electrons. The maximum atomic E-state index is 12.4. The molecule has 0 bridgehead atoms. The SMILES string of the molecule is COC(=O)c1ccc(Sc2n[nH]c(C(F)F)n2)c([N+](=O)[O-])c1. The Labute approximate surface area is 126 Å². The normalized spacial score (nSPS) is 10.7. The molecule has 0 aliphatic heterocycles. The van der Waals surface area contributed by atoms with E-state index in [1.54, 1.807) is 0 Å². The molecule has 0 spiro atoms. The molecule has 2 aromatic rings. The van der Waals surface area contributed by atoms with Gasteiger partial charge in [0.25, 0.3) is 12.1 Å². The lowest BCUT2D eigenvalue weighted by molar-refractivity contribution is -0.387. The topological polar surface area (TPSA) is 111 Å². The first kappa shape index (κ1) is 15.8. The monoisotopic (exact) mass is 330 g/mol. The molecule has 8 nitrogen and oxygen atoms in total. The number of benzene rings is 1.